The average Bonchev–Trinajstić information content (AvgIpc) is 3.03. The smallest absolute Gasteiger partial charge is 0.178 e. The Bertz CT molecular complexity index is 942. The molecule has 0 aliphatic carbocycles. The molecule has 4 heteroatoms. The van der Waals surface area contributed by atoms with E-state index in [2.05, 4.69) is 46.1 Å². The van der Waals surface area contributed by atoms with E-state index >= 15 is 0 Å². The first-order valence-corrected chi connectivity index (χ1v) is 7.82. The third-order valence-electron chi connectivity index (χ3n) is 3.82. The van der Waals surface area contributed by atoms with Crippen molar-refractivity contribution >= 4 is 21.9 Å². The molecule has 4 aromatic rings. The Hall–Kier alpha value is -2.88. The molecule has 0 aliphatic heterocycles. The minimum Gasteiger partial charge on any atom is -0.493 e. The van der Waals surface area contributed by atoms with Crippen LogP contribution in [-0.4, -0.2) is 21.6 Å². The van der Waals surface area contributed by atoms with Crippen LogP contribution in [0.4, 0.5) is 0 Å². The van der Waals surface area contributed by atoms with E-state index < -0.39 is 0 Å². The third-order valence-corrected chi connectivity index (χ3v) is 3.82. The highest BCUT2D eigenvalue weighted by atomic mass is 16.5. The Morgan fingerprint density at radius 1 is 1.04 bits per heavy atom. The molecule has 0 bridgehead atoms. The Morgan fingerprint density at radius 2 is 1.87 bits per heavy atom. The lowest BCUT2D eigenvalue weighted by Gasteiger charge is -2.11. The van der Waals surface area contributed by atoms with E-state index in [-0.39, 0.29) is 0 Å². The van der Waals surface area contributed by atoms with E-state index in [1.165, 1.54) is 5.39 Å². The van der Waals surface area contributed by atoms with Gasteiger partial charge in [0.05, 0.1) is 17.7 Å². The van der Waals surface area contributed by atoms with Crippen molar-refractivity contribution < 1.29 is 4.74 Å². The lowest BCUT2D eigenvalue weighted by molar-refractivity contribution is 0.319. The van der Waals surface area contributed by atoms with Crippen molar-refractivity contribution in [1.29, 1.82) is 0 Å². The molecule has 0 spiro atoms. The molecule has 0 aliphatic rings. The van der Waals surface area contributed by atoms with Crippen LogP contribution in [0.25, 0.3) is 33.3 Å². The normalized spacial score (nSPS) is 11.2. The molecule has 0 fully saturated rings. The second-order valence-corrected chi connectivity index (χ2v) is 5.50. The van der Waals surface area contributed by atoms with Gasteiger partial charge in [0.15, 0.2) is 5.65 Å². The molecule has 0 amide bonds. The fourth-order valence-corrected chi connectivity index (χ4v) is 2.71. The van der Waals surface area contributed by atoms with Gasteiger partial charge in [-0.3, -0.25) is 0 Å². The second-order valence-electron chi connectivity index (χ2n) is 5.50. The summed E-state index contributed by atoms with van der Waals surface area (Å²) < 4.78 is 5.96. The van der Waals surface area contributed by atoms with Crippen LogP contribution < -0.4 is 4.74 Å². The van der Waals surface area contributed by atoms with E-state index in [1.54, 1.807) is 6.20 Å². The molecular formula is C19H17N3O. The van der Waals surface area contributed by atoms with Crippen LogP contribution in [0.15, 0.2) is 54.7 Å². The predicted octanol–water partition coefficient (Wildman–Crippen LogP) is 4.57. The van der Waals surface area contributed by atoms with Crippen molar-refractivity contribution in [3.63, 3.8) is 0 Å². The molecule has 2 heterocycles. The summed E-state index contributed by atoms with van der Waals surface area (Å²) in [6, 6.07) is 16.4. The molecule has 0 saturated heterocycles. The van der Waals surface area contributed by atoms with E-state index in [9.17, 15) is 0 Å². The van der Waals surface area contributed by atoms with Crippen molar-refractivity contribution in [2.24, 2.45) is 0 Å². The molecule has 114 valence electrons. The number of aromatic nitrogens is 3. The van der Waals surface area contributed by atoms with Crippen LogP contribution in [0.3, 0.4) is 0 Å². The molecule has 1 N–H and O–H groups in total. The maximum Gasteiger partial charge on any atom is 0.178 e. The molecule has 23 heavy (non-hydrogen) atoms. The summed E-state index contributed by atoms with van der Waals surface area (Å²) in [6.45, 7) is 2.79. The molecule has 4 nitrogen and oxygen atoms in total. The minimum absolute atomic E-state index is 0.684. The fraction of sp³-hybridized carbons (Fsp3) is 0.158. The molecule has 0 saturated carbocycles. The van der Waals surface area contributed by atoms with Crippen LogP contribution in [0.2, 0.25) is 0 Å². The number of imidazole rings is 1. The first kappa shape index (κ1) is 13.8. The maximum atomic E-state index is 5.96. The van der Waals surface area contributed by atoms with Gasteiger partial charge < -0.3 is 9.72 Å². The monoisotopic (exact) mass is 303 g/mol. The molecule has 0 radical (unpaired) electrons. The Kier molecular flexibility index (Phi) is 3.42. The molecule has 2 aromatic carbocycles. The van der Waals surface area contributed by atoms with Crippen LogP contribution in [0.5, 0.6) is 5.75 Å². The highest BCUT2D eigenvalue weighted by Gasteiger charge is 2.13. The van der Waals surface area contributed by atoms with Gasteiger partial charge in [-0.05, 0) is 41.5 Å². The van der Waals surface area contributed by atoms with Gasteiger partial charge >= 0.3 is 0 Å². The lowest BCUT2D eigenvalue weighted by Crippen LogP contribution is -1.98. The zero-order chi connectivity index (χ0) is 15.6. The number of nitrogens with one attached hydrogen (secondary N) is 1. The minimum atomic E-state index is 0.684. The summed E-state index contributed by atoms with van der Waals surface area (Å²) >= 11 is 0. The number of fused-ring (bicyclic) bond motifs is 2. The van der Waals surface area contributed by atoms with Gasteiger partial charge in [-0.25, -0.2) is 9.97 Å². The van der Waals surface area contributed by atoms with E-state index in [0.29, 0.717) is 6.61 Å². The van der Waals surface area contributed by atoms with Crippen molar-refractivity contribution in [3.05, 3.63) is 54.7 Å². The van der Waals surface area contributed by atoms with Crippen LogP contribution >= 0.6 is 0 Å². The number of pyridine rings is 1. The number of H-pyrrole nitrogens is 1. The number of ether oxygens (including phenoxy) is 1. The molecule has 0 unspecified atom stereocenters. The van der Waals surface area contributed by atoms with Gasteiger partial charge in [0, 0.05) is 6.20 Å². The number of hydrogen-bond donors (Lipinski definition) is 1. The lowest BCUT2D eigenvalue weighted by atomic mass is 10.1. The van der Waals surface area contributed by atoms with E-state index in [1.807, 2.05) is 24.3 Å². The van der Waals surface area contributed by atoms with E-state index in [4.69, 9.17) is 4.74 Å². The quantitative estimate of drug-likeness (QED) is 0.601. The first-order valence-electron chi connectivity index (χ1n) is 7.82. The standard InChI is InChI=1S/C19H17N3O/c1-2-10-23-17-12-14-7-4-3-6-13(14)11-15(17)18-21-16-8-5-9-20-19(16)22-18/h3-9,11-12H,2,10H2,1H3,(H,20,21,22). The van der Waals surface area contributed by atoms with Crippen molar-refractivity contribution in [3.8, 4) is 17.1 Å². The number of benzene rings is 2. The van der Waals surface area contributed by atoms with Crippen molar-refractivity contribution in [1.82, 2.24) is 15.0 Å². The summed E-state index contributed by atoms with van der Waals surface area (Å²) in [5.74, 6) is 1.64. The first-order chi connectivity index (χ1) is 11.3. The van der Waals surface area contributed by atoms with Crippen LogP contribution in [0, 0.1) is 0 Å². The second kappa shape index (κ2) is 5.72. The zero-order valence-corrected chi connectivity index (χ0v) is 12.9. The maximum absolute atomic E-state index is 5.96. The predicted molar refractivity (Wildman–Crippen MR) is 92.6 cm³/mol. The van der Waals surface area contributed by atoms with Gasteiger partial charge in [-0.1, -0.05) is 31.2 Å². The van der Waals surface area contributed by atoms with Gasteiger partial charge in [-0.15, -0.1) is 0 Å². The summed E-state index contributed by atoms with van der Waals surface area (Å²) in [7, 11) is 0. The Morgan fingerprint density at radius 3 is 2.65 bits per heavy atom. The molecule has 4 rings (SSSR count). The van der Waals surface area contributed by atoms with Crippen LogP contribution in [-0.2, 0) is 0 Å². The highest BCUT2D eigenvalue weighted by molar-refractivity contribution is 5.90. The number of nitrogens with zero attached hydrogens (tertiary/aromatic N) is 2. The summed E-state index contributed by atoms with van der Waals surface area (Å²) in [4.78, 5) is 12.2. The van der Waals surface area contributed by atoms with Crippen molar-refractivity contribution in [2.75, 3.05) is 6.61 Å². The average molecular weight is 303 g/mol. The summed E-state index contributed by atoms with van der Waals surface area (Å²) in [5.41, 5.74) is 2.62. The molecule has 2 aromatic heterocycles. The van der Waals surface area contributed by atoms with E-state index in [0.717, 1.165) is 40.1 Å². The topological polar surface area (TPSA) is 50.8 Å². The fourth-order valence-electron chi connectivity index (χ4n) is 2.71. The van der Waals surface area contributed by atoms with Crippen LogP contribution in [0.1, 0.15) is 13.3 Å². The zero-order valence-electron chi connectivity index (χ0n) is 12.9. The summed E-state index contributed by atoms with van der Waals surface area (Å²) in [5, 5.41) is 2.33. The van der Waals surface area contributed by atoms with Gasteiger partial charge in [0.2, 0.25) is 0 Å². The SMILES string of the molecule is CCCOc1cc2ccccc2cc1-c1nc2ncccc2[nH]1. The number of aromatic amines is 1. The largest absolute Gasteiger partial charge is 0.493 e. The number of hydrogen-bond acceptors (Lipinski definition) is 3. The number of rotatable bonds is 4. The third kappa shape index (κ3) is 2.52. The summed E-state index contributed by atoms with van der Waals surface area (Å²) in [6.07, 6.45) is 2.72. The Balaban J connectivity index is 1.91. The highest BCUT2D eigenvalue weighted by Crippen LogP contribution is 2.33. The van der Waals surface area contributed by atoms with Crippen molar-refractivity contribution in [2.45, 2.75) is 13.3 Å². The molecule has 0 atom stereocenters. The van der Waals surface area contributed by atoms with Gasteiger partial charge in [0.25, 0.3) is 0 Å². The van der Waals surface area contributed by atoms with Gasteiger partial charge in [0.1, 0.15) is 11.6 Å². The molecular weight excluding hydrogens is 286 g/mol. The van der Waals surface area contributed by atoms with Gasteiger partial charge in [-0.2, -0.15) is 0 Å². The Labute approximate surface area is 134 Å².